The van der Waals surface area contributed by atoms with Gasteiger partial charge in [0.15, 0.2) is 12.2 Å². The Morgan fingerprint density at radius 1 is 0.286 bits per heavy atom. The lowest BCUT2D eigenvalue weighted by Gasteiger charge is -2.21. The van der Waals surface area contributed by atoms with Crippen LogP contribution in [0.3, 0.4) is 0 Å². The van der Waals surface area contributed by atoms with Crippen LogP contribution in [0.2, 0.25) is 0 Å². The van der Waals surface area contributed by atoms with Crippen molar-refractivity contribution in [2.45, 2.75) is 420 Å². The van der Waals surface area contributed by atoms with Crippen molar-refractivity contribution in [3.05, 3.63) is 0 Å². The van der Waals surface area contributed by atoms with Gasteiger partial charge in [-0.05, 0) is 49.4 Å². The molecule has 0 radical (unpaired) electrons. The Morgan fingerprint density at radius 3 is 0.724 bits per heavy atom. The molecular formula is C79H154O17P2. The van der Waals surface area contributed by atoms with E-state index in [0.29, 0.717) is 25.7 Å². The van der Waals surface area contributed by atoms with Gasteiger partial charge in [-0.15, -0.1) is 0 Å². The van der Waals surface area contributed by atoms with Crippen LogP contribution in [-0.2, 0) is 65.4 Å². The van der Waals surface area contributed by atoms with Gasteiger partial charge in [0.2, 0.25) is 0 Å². The van der Waals surface area contributed by atoms with Crippen molar-refractivity contribution in [3.8, 4) is 0 Å². The van der Waals surface area contributed by atoms with Gasteiger partial charge >= 0.3 is 39.5 Å². The minimum Gasteiger partial charge on any atom is -0.462 e. The minimum atomic E-state index is -4.96. The van der Waals surface area contributed by atoms with Crippen molar-refractivity contribution in [2.75, 3.05) is 39.6 Å². The molecule has 582 valence electrons. The molecule has 0 bridgehead atoms. The molecule has 19 heteroatoms. The maximum absolute atomic E-state index is 13.1. The van der Waals surface area contributed by atoms with Crippen LogP contribution in [0.1, 0.15) is 402 Å². The molecule has 4 unspecified atom stereocenters. The number of hydrogen-bond acceptors (Lipinski definition) is 15. The number of esters is 4. The van der Waals surface area contributed by atoms with Gasteiger partial charge in [-0.2, -0.15) is 0 Å². The summed E-state index contributed by atoms with van der Waals surface area (Å²) >= 11 is 0. The molecule has 0 amide bonds. The molecule has 0 saturated carbocycles. The summed E-state index contributed by atoms with van der Waals surface area (Å²) in [6.07, 6.45) is 54.0. The summed E-state index contributed by atoms with van der Waals surface area (Å²) in [5, 5.41) is 10.6. The molecule has 0 fully saturated rings. The highest BCUT2D eigenvalue weighted by molar-refractivity contribution is 7.47. The molecule has 0 aromatic heterocycles. The Balaban J connectivity index is 5.25. The molecule has 0 aromatic rings. The number of aliphatic hydroxyl groups excluding tert-OH is 1. The zero-order chi connectivity index (χ0) is 72.4. The number of phosphoric ester groups is 2. The number of rotatable bonds is 76. The average Bonchev–Trinajstić information content (AvgIpc) is 0.944. The summed E-state index contributed by atoms with van der Waals surface area (Å²) in [5.41, 5.74) is 0. The van der Waals surface area contributed by atoms with Crippen LogP contribution >= 0.6 is 15.6 Å². The summed E-state index contributed by atoms with van der Waals surface area (Å²) < 4.78 is 68.6. The summed E-state index contributed by atoms with van der Waals surface area (Å²) in [6.45, 7) is 14.3. The predicted molar refractivity (Wildman–Crippen MR) is 400 cm³/mol. The summed E-state index contributed by atoms with van der Waals surface area (Å²) in [5.74, 6) is 1.01. The smallest absolute Gasteiger partial charge is 0.462 e. The van der Waals surface area contributed by atoms with E-state index in [4.69, 9.17) is 37.0 Å². The van der Waals surface area contributed by atoms with Crippen LogP contribution in [-0.4, -0.2) is 96.7 Å². The molecule has 0 saturated heterocycles. The number of carbonyl (C=O) groups is 4. The molecule has 0 spiro atoms. The highest BCUT2D eigenvalue weighted by Gasteiger charge is 2.30. The van der Waals surface area contributed by atoms with E-state index in [2.05, 4.69) is 55.4 Å². The number of carbonyl (C=O) groups excluding carboxylic acids is 4. The number of ether oxygens (including phenoxy) is 4. The molecule has 0 heterocycles. The van der Waals surface area contributed by atoms with Gasteiger partial charge in [-0.1, -0.05) is 351 Å². The number of phosphoric acid groups is 2. The lowest BCUT2D eigenvalue weighted by molar-refractivity contribution is -0.161. The molecule has 0 aromatic carbocycles. The summed E-state index contributed by atoms with van der Waals surface area (Å²) in [7, 11) is -9.92. The van der Waals surface area contributed by atoms with Gasteiger partial charge in [0.25, 0.3) is 0 Å². The monoisotopic (exact) mass is 1440 g/mol. The predicted octanol–water partition coefficient (Wildman–Crippen LogP) is 23.2. The maximum atomic E-state index is 13.1. The van der Waals surface area contributed by atoms with Crippen molar-refractivity contribution in [3.63, 3.8) is 0 Å². The molecule has 98 heavy (non-hydrogen) atoms. The highest BCUT2D eigenvalue weighted by atomic mass is 31.2. The van der Waals surface area contributed by atoms with Gasteiger partial charge in [0.05, 0.1) is 26.4 Å². The molecule has 7 atom stereocenters. The minimum absolute atomic E-state index is 0.106. The summed E-state index contributed by atoms with van der Waals surface area (Å²) in [4.78, 5) is 72.9. The van der Waals surface area contributed by atoms with Gasteiger partial charge in [0.1, 0.15) is 19.3 Å². The van der Waals surface area contributed by atoms with E-state index < -0.39 is 97.5 Å². The lowest BCUT2D eigenvalue weighted by atomic mass is 9.99. The van der Waals surface area contributed by atoms with Crippen LogP contribution in [0.5, 0.6) is 0 Å². The molecule has 0 rings (SSSR count). The van der Waals surface area contributed by atoms with Crippen LogP contribution in [0.25, 0.3) is 0 Å². The second kappa shape index (κ2) is 68.2. The molecule has 0 aliphatic carbocycles. The largest absolute Gasteiger partial charge is 0.472 e. The average molecular weight is 1440 g/mol. The van der Waals surface area contributed by atoms with Gasteiger partial charge in [0, 0.05) is 25.7 Å². The third kappa shape index (κ3) is 69.8. The topological polar surface area (TPSA) is 237 Å². The first-order valence-electron chi connectivity index (χ1n) is 40.8. The van der Waals surface area contributed by atoms with Crippen LogP contribution < -0.4 is 0 Å². The maximum Gasteiger partial charge on any atom is 0.472 e. The zero-order valence-electron chi connectivity index (χ0n) is 64.4. The normalized spacial score (nSPS) is 14.6. The van der Waals surface area contributed by atoms with Gasteiger partial charge < -0.3 is 33.8 Å². The molecule has 0 aliphatic rings. The lowest BCUT2D eigenvalue weighted by Crippen LogP contribution is -2.30. The fraction of sp³-hybridized carbons (Fsp3) is 0.949. The van der Waals surface area contributed by atoms with Crippen molar-refractivity contribution in [1.82, 2.24) is 0 Å². The first kappa shape index (κ1) is 96.1. The van der Waals surface area contributed by atoms with E-state index in [1.807, 2.05) is 0 Å². The van der Waals surface area contributed by atoms with Crippen LogP contribution in [0.4, 0.5) is 0 Å². The molecule has 17 nitrogen and oxygen atoms in total. The molecule has 3 N–H and O–H groups in total. The highest BCUT2D eigenvalue weighted by Crippen LogP contribution is 2.45. The quantitative estimate of drug-likeness (QED) is 0.0222. The fourth-order valence-corrected chi connectivity index (χ4v) is 13.6. The first-order valence-corrected chi connectivity index (χ1v) is 43.8. The van der Waals surface area contributed by atoms with Crippen molar-refractivity contribution >= 4 is 39.5 Å². The number of unbranched alkanes of at least 4 members (excludes halogenated alkanes) is 40. The Bertz CT molecular complexity index is 1920. The Hall–Kier alpha value is -1.94. The van der Waals surface area contributed by atoms with E-state index in [0.717, 1.165) is 120 Å². The Kier molecular flexibility index (Phi) is 66.8. The van der Waals surface area contributed by atoms with Gasteiger partial charge in [-0.3, -0.25) is 37.3 Å². The standard InChI is InChI=1S/C79H154O17P2/c1-9-71(7)57-49-41-33-27-20-16-12-14-18-22-30-36-46-54-61-78(83)95-74(65-89-76(81)59-51-43-34-28-24-23-26-32-40-48-56-70(5)6)67-93-97(85,86)91-63-73(80)64-92-98(87,88)94-68-75(66-90-77(82)60-52-44-38-37-42-50-58-72(8)10-2)96-79(84)62-53-45-35-29-21-17-13-11-15-19-25-31-39-47-55-69(3)4/h69-75,80H,9-68H2,1-8H3,(H,85,86)(H,87,88)/t71?,72?,73-,74-,75-/m1/s1. The Morgan fingerprint density at radius 2 is 0.490 bits per heavy atom. The van der Waals surface area contributed by atoms with E-state index in [-0.39, 0.29) is 25.7 Å². The van der Waals surface area contributed by atoms with Crippen LogP contribution in [0.15, 0.2) is 0 Å². The molecule has 0 aliphatic heterocycles. The third-order valence-electron chi connectivity index (χ3n) is 19.0. The van der Waals surface area contributed by atoms with E-state index in [9.17, 15) is 43.2 Å². The van der Waals surface area contributed by atoms with E-state index >= 15 is 0 Å². The third-order valence-corrected chi connectivity index (χ3v) is 20.9. The number of aliphatic hydroxyl groups is 1. The van der Waals surface area contributed by atoms with Crippen molar-refractivity contribution < 1.29 is 80.2 Å². The second-order valence-electron chi connectivity index (χ2n) is 29.9. The SMILES string of the molecule is CCC(C)CCCCCCCCCCCCCCCCC(=O)O[C@H](COC(=O)CCCCCCCCCCCCC(C)C)COP(=O)(O)OC[C@@H](O)COP(=O)(O)OC[C@@H](COC(=O)CCCCCCCCC(C)CC)OC(=O)CCCCCCCCCCCCCCCCC(C)C. The fourth-order valence-electron chi connectivity index (χ4n) is 12.0. The Labute approximate surface area is 600 Å². The van der Waals surface area contributed by atoms with E-state index in [1.165, 1.54) is 199 Å². The van der Waals surface area contributed by atoms with Crippen LogP contribution in [0, 0.1) is 23.7 Å². The second-order valence-corrected chi connectivity index (χ2v) is 32.8. The first-order chi connectivity index (χ1) is 47.2. The van der Waals surface area contributed by atoms with Crippen molar-refractivity contribution in [2.24, 2.45) is 23.7 Å². The van der Waals surface area contributed by atoms with Crippen molar-refractivity contribution in [1.29, 1.82) is 0 Å². The zero-order valence-corrected chi connectivity index (χ0v) is 66.2. The summed E-state index contributed by atoms with van der Waals surface area (Å²) in [6, 6.07) is 0. The molecular weight excluding hydrogens is 1280 g/mol. The van der Waals surface area contributed by atoms with Gasteiger partial charge in [-0.25, -0.2) is 9.13 Å². The van der Waals surface area contributed by atoms with E-state index in [1.54, 1.807) is 0 Å². The number of hydrogen-bond donors (Lipinski definition) is 3.